The Morgan fingerprint density at radius 2 is 1.53 bits per heavy atom. The summed E-state index contributed by atoms with van der Waals surface area (Å²) >= 11 is 0. The van der Waals surface area contributed by atoms with Crippen molar-refractivity contribution < 1.29 is 37.7 Å². The molecule has 1 aliphatic rings. The summed E-state index contributed by atoms with van der Waals surface area (Å²) < 4.78 is 36.4. The monoisotopic (exact) mass is 416 g/mol. The molecule has 0 saturated carbocycles. The molecule has 2 aromatic rings. The van der Waals surface area contributed by atoms with Crippen molar-refractivity contribution in [3.8, 4) is 11.5 Å². The highest BCUT2D eigenvalue weighted by atomic mass is 19.1. The van der Waals surface area contributed by atoms with E-state index in [1.807, 2.05) is 0 Å². The van der Waals surface area contributed by atoms with E-state index in [1.165, 1.54) is 50.6 Å². The van der Waals surface area contributed by atoms with Crippen molar-refractivity contribution in [3.05, 3.63) is 59.7 Å². The minimum atomic E-state index is -3.23. The molecule has 3 atom stereocenters. The minimum absolute atomic E-state index is 0.0499. The lowest BCUT2D eigenvalue weighted by molar-refractivity contribution is -0.153. The molecule has 3 rings (SSSR count). The summed E-state index contributed by atoms with van der Waals surface area (Å²) in [7, 11) is 2.92. The molecular weight excluding hydrogens is 395 g/mol. The number of benzene rings is 2. The van der Waals surface area contributed by atoms with E-state index in [9.17, 15) is 14.4 Å². The number of carbonyl (C=O) groups is 3. The van der Waals surface area contributed by atoms with Crippen LogP contribution in [0.4, 0.5) is 4.39 Å². The molecule has 0 unspecified atom stereocenters. The van der Waals surface area contributed by atoms with Gasteiger partial charge in [0.15, 0.2) is 5.92 Å². The van der Waals surface area contributed by atoms with Crippen LogP contribution in [0.5, 0.6) is 11.5 Å². The second-order valence-corrected chi connectivity index (χ2v) is 6.60. The molecule has 0 radical (unpaired) electrons. The van der Waals surface area contributed by atoms with Crippen LogP contribution < -0.4 is 9.47 Å². The quantitative estimate of drug-likeness (QED) is 0.389. The first-order chi connectivity index (χ1) is 14.4. The van der Waals surface area contributed by atoms with Gasteiger partial charge in [-0.05, 0) is 48.9 Å². The molecule has 0 aromatic heterocycles. The van der Waals surface area contributed by atoms with Gasteiger partial charge >= 0.3 is 11.9 Å². The van der Waals surface area contributed by atoms with E-state index < -0.39 is 35.4 Å². The van der Waals surface area contributed by atoms with Crippen molar-refractivity contribution in [2.45, 2.75) is 18.7 Å². The van der Waals surface area contributed by atoms with E-state index >= 15 is 4.39 Å². The average Bonchev–Trinajstić information content (AvgIpc) is 3.05. The number of ether oxygens (including phenoxy) is 4. The molecule has 8 heteroatoms. The predicted octanol–water partition coefficient (Wildman–Crippen LogP) is 3.07. The summed E-state index contributed by atoms with van der Waals surface area (Å²) in [5.41, 5.74) is -2.99. The molecule has 0 amide bonds. The number of Topliss-reactive ketones (excluding diaryl/α,β-unsaturated/α-hetero) is 1. The zero-order valence-corrected chi connectivity index (χ0v) is 16.7. The molecule has 1 aliphatic heterocycles. The van der Waals surface area contributed by atoms with Crippen molar-refractivity contribution >= 4 is 17.7 Å². The van der Waals surface area contributed by atoms with E-state index in [-0.39, 0.29) is 12.2 Å². The lowest BCUT2D eigenvalue weighted by Gasteiger charge is -2.23. The Hall–Kier alpha value is -3.42. The zero-order valence-electron chi connectivity index (χ0n) is 16.7. The van der Waals surface area contributed by atoms with Gasteiger partial charge in [0.2, 0.25) is 5.78 Å². The number of esters is 2. The largest absolute Gasteiger partial charge is 0.497 e. The fourth-order valence-electron chi connectivity index (χ4n) is 3.36. The number of ketones is 1. The fourth-order valence-corrected chi connectivity index (χ4v) is 3.36. The Labute approximate surface area is 172 Å². The van der Waals surface area contributed by atoms with Gasteiger partial charge in [0.25, 0.3) is 5.67 Å². The van der Waals surface area contributed by atoms with Crippen LogP contribution in [0.25, 0.3) is 0 Å². The van der Waals surface area contributed by atoms with E-state index in [0.717, 1.165) is 0 Å². The Bertz CT molecular complexity index is 939. The fraction of sp³-hybridized carbons (Fsp3) is 0.318. The highest BCUT2D eigenvalue weighted by molar-refractivity contribution is 6.19. The molecule has 30 heavy (non-hydrogen) atoms. The van der Waals surface area contributed by atoms with Gasteiger partial charge in [-0.3, -0.25) is 9.59 Å². The molecule has 0 spiro atoms. The van der Waals surface area contributed by atoms with Crippen LogP contribution in [0, 0.1) is 5.92 Å². The first-order valence-electron chi connectivity index (χ1n) is 9.26. The number of alkyl halides is 1. The SMILES string of the molecule is CCOC(=O)[C@@H]1[C@H](c2ccc(OC)cc2)OC(=O)[C@]1(F)C(=O)c1ccc(OC)cc1. The topological polar surface area (TPSA) is 88.1 Å². The maximum absolute atomic E-state index is 16.1. The number of hydrogen-bond acceptors (Lipinski definition) is 7. The van der Waals surface area contributed by atoms with Gasteiger partial charge in [0, 0.05) is 5.56 Å². The first-order valence-corrected chi connectivity index (χ1v) is 9.26. The molecule has 1 heterocycles. The van der Waals surface area contributed by atoms with Gasteiger partial charge in [-0.1, -0.05) is 12.1 Å². The van der Waals surface area contributed by atoms with Crippen LogP contribution in [0.2, 0.25) is 0 Å². The van der Waals surface area contributed by atoms with E-state index in [1.54, 1.807) is 19.1 Å². The third kappa shape index (κ3) is 3.60. The Morgan fingerprint density at radius 3 is 2.03 bits per heavy atom. The van der Waals surface area contributed by atoms with Crippen LogP contribution in [0.15, 0.2) is 48.5 Å². The molecule has 7 nitrogen and oxygen atoms in total. The molecule has 0 N–H and O–H groups in total. The Morgan fingerprint density at radius 1 is 1.00 bits per heavy atom. The maximum atomic E-state index is 16.1. The summed E-state index contributed by atoms with van der Waals surface area (Å²) in [6.45, 7) is 1.49. The van der Waals surface area contributed by atoms with E-state index in [0.29, 0.717) is 17.1 Å². The van der Waals surface area contributed by atoms with Crippen LogP contribution in [-0.2, 0) is 19.1 Å². The molecule has 1 saturated heterocycles. The molecule has 0 bridgehead atoms. The Balaban J connectivity index is 2.04. The second kappa shape index (κ2) is 8.52. The van der Waals surface area contributed by atoms with Gasteiger partial charge in [-0.2, -0.15) is 0 Å². The lowest BCUT2D eigenvalue weighted by atomic mass is 9.80. The number of halogens is 1. The predicted molar refractivity (Wildman–Crippen MR) is 103 cm³/mol. The van der Waals surface area contributed by atoms with Crippen LogP contribution >= 0.6 is 0 Å². The van der Waals surface area contributed by atoms with Gasteiger partial charge in [-0.15, -0.1) is 0 Å². The summed E-state index contributed by atoms with van der Waals surface area (Å²) in [4.78, 5) is 38.3. The third-order valence-electron chi connectivity index (χ3n) is 4.93. The summed E-state index contributed by atoms with van der Waals surface area (Å²) in [6.07, 6.45) is -1.32. The van der Waals surface area contributed by atoms with Gasteiger partial charge in [-0.25, -0.2) is 9.18 Å². The molecule has 0 aliphatic carbocycles. The number of methoxy groups -OCH3 is 2. The third-order valence-corrected chi connectivity index (χ3v) is 4.93. The van der Waals surface area contributed by atoms with Crippen molar-refractivity contribution in [1.29, 1.82) is 0 Å². The van der Waals surface area contributed by atoms with E-state index in [4.69, 9.17) is 18.9 Å². The molecule has 2 aromatic carbocycles. The molecule has 1 fully saturated rings. The lowest BCUT2D eigenvalue weighted by Crippen LogP contribution is -2.48. The summed E-state index contributed by atoms with van der Waals surface area (Å²) in [5, 5.41) is 0. The van der Waals surface area contributed by atoms with Gasteiger partial charge < -0.3 is 18.9 Å². The van der Waals surface area contributed by atoms with E-state index in [2.05, 4.69) is 0 Å². The summed E-state index contributed by atoms with van der Waals surface area (Å²) in [6, 6.07) is 11.8. The van der Waals surface area contributed by atoms with Crippen LogP contribution in [0.1, 0.15) is 28.9 Å². The second-order valence-electron chi connectivity index (χ2n) is 6.60. The van der Waals surface area contributed by atoms with Crippen molar-refractivity contribution in [2.24, 2.45) is 5.92 Å². The number of carbonyl (C=O) groups excluding carboxylic acids is 3. The molecular formula is C22H21FO7. The van der Waals surface area contributed by atoms with Crippen molar-refractivity contribution in [3.63, 3.8) is 0 Å². The number of rotatable bonds is 7. The highest BCUT2D eigenvalue weighted by Gasteiger charge is 2.67. The Kier molecular flexibility index (Phi) is 6.05. The van der Waals surface area contributed by atoms with Crippen molar-refractivity contribution in [1.82, 2.24) is 0 Å². The smallest absolute Gasteiger partial charge is 0.353 e. The average molecular weight is 416 g/mol. The normalized spacial score (nSPS) is 22.9. The highest BCUT2D eigenvalue weighted by Crippen LogP contribution is 2.47. The first kappa shape index (κ1) is 21.3. The van der Waals surface area contributed by atoms with Gasteiger partial charge in [0.05, 0.1) is 20.8 Å². The zero-order chi connectivity index (χ0) is 21.9. The summed E-state index contributed by atoms with van der Waals surface area (Å²) in [5.74, 6) is -4.46. The van der Waals surface area contributed by atoms with Crippen LogP contribution in [-0.4, -0.2) is 44.2 Å². The standard InChI is InChI=1S/C22H21FO7/c1-4-29-20(25)17-18(13-5-9-15(27-2)10-6-13)30-21(26)22(17,23)19(24)14-7-11-16(28-3)12-8-14/h5-12,17-18H,4H2,1-3H3/t17-,18-,22+/m0/s1. The maximum Gasteiger partial charge on any atom is 0.353 e. The minimum Gasteiger partial charge on any atom is -0.497 e. The van der Waals surface area contributed by atoms with Crippen LogP contribution in [0.3, 0.4) is 0 Å². The number of cyclic esters (lactones) is 1. The number of hydrogen-bond donors (Lipinski definition) is 0. The van der Waals surface area contributed by atoms with Gasteiger partial charge in [0.1, 0.15) is 17.6 Å². The molecule has 158 valence electrons. The van der Waals surface area contributed by atoms with Crippen molar-refractivity contribution in [2.75, 3.05) is 20.8 Å².